The lowest BCUT2D eigenvalue weighted by Gasteiger charge is -2.49. The summed E-state index contributed by atoms with van der Waals surface area (Å²) in [6.07, 6.45) is 0. The minimum atomic E-state index is 0.465. The summed E-state index contributed by atoms with van der Waals surface area (Å²) in [5.41, 5.74) is 1.39. The summed E-state index contributed by atoms with van der Waals surface area (Å²) in [7, 11) is 4.29. The van der Waals surface area contributed by atoms with E-state index in [1.165, 1.54) is 5.56 Å². The number of nitrogens with one attached hydrogen (secondary N) is 1. The van der Waals surface area contributed by atoms with Crippen LogP contribution in [0.1, 0.15) is 5.56 Å². The lowest BCUT2D eigenvalue weighted by molar-refractivity contribution is -0.0631. The molecule has 1 aromatic rings. The van der Waals surface area contributed by atoms with Crippen LogP contribution in [0.2, 0.25) is 0 Å². The Kier molecular flexibility index (Phi) is 4.36. The number of hydrogen-bond acceptors (Lipinski definition) is 4. The number of fused-ring (bicyclic) bond motifs is 1. The summed E-state index contributed by atoms with van der Waals surface area (Å²) >= 11 is 0. The maximum absolute atomic E-state index is 5.86. The third kappa shape index (κ3) is 2.88. The molecule has 3 rings (SSSR count). The normalized spacial score (nSPS) is 31.2. The van der Waals surface area contributed by atoms with Crippen molar-refractivity contribution in [2.45, 2.75) is 24.7 Å². The molecule has 0 spiro atoms. The van der Waals surface area contributed by atoms with Gasteiger partial charge in [0.05, 0.1) is 19.3 Å². The lowest BCUT2D eigenvalue weighted by atomic mass is 9.93. The van der Waals surface area contributed by atoms with Gasteiger partial charge >= 0.3 is 0 Å². The van der Waals surface area contributed by atoms with Crippen LogP contribution in [0.3, 0.4) is 0 Å². The fraction of sp³-hybridized carbons (Fsp3) is 0.625. The van der Waals surface area contributed by atoms with Crippen molar-refractivity contribution in [3.05, 3.63) is 35.9 Å². The number of nitrogens with zero attached hydrogens (tertiary/aromatic N) is 2. The van der Waals surface area contributed by atoms with E-state index in [1.54, 1.807) is 0 Å². The van der Waals surface area contributed by atoms with E-state index in [4.69, 9.17) is 4.74 Å². The van der Waals surface area contributed by atoms with Crippen molar-refractivity contribution in [1.29, 1.82) is 0 Å². The van der Waals surface area contributed by atoms with Crippen LogP contribution in [0.25, 0.3) is 0 Å². The molecule has 20 heavy (non-hydrogen) atoms. The molecule has 2 aliphatic heterocycles. The molecule has 0 bridgehead atoms. The molecule has 110 valence electrons. The van der Waals surface area contributed by atoms with E-state index >= 15 is 0 Å². The molecule has 2 saturated heterocycles. The quantitative estimate of drug-likeness (QED) is 0.883. The predicted molar refractivity (Wildman–Crippen MR) is 80.7 cm³/mol. The number of benzene rings is 1. The Morgan fingerprint density at radius 1 is 1.25 bits per heavy atom. The molecule has 1 aromatic carbocycles. The zero-order valence-corrected chi connectivity index (χ0v) is 12.5. The van der Waals surface area contributed by atoms with Crippen LogP contribution in [-0.2, 0) is 11.3 Å². The summed E-state index contributed by atoms with van der Waals surface area (Å²) < 4.78 is 5.86. The van der Waals surface area contributed by atoms with Crippen LogP contribution in [0.15, 0.2) is 30.3 Å². The molecule has 0 saturated carbocycles. The Morgan fingerprint density at radius 3 is 2.80 bits per heavy atom. The molecular formula is C16H25N3O. The first kappa shape index (κ1) is 14.0. The van der Waals surface area contributed by atoms with Crippen LogP contribution in [0.4, 0.5) is 0 Å². The first-order valence-electron chi connectivity index (χ1n) is 7.51. The maximum atomic E-state index is 5.86. The molecule has 2 aliphatic rings. The van der Waals surface area contributed by atoms with E-state index in [-0.39, 0.29) is 0 Å². The van der Waals surface area contributed by atoms with E-state index in [1.807, 2.05) is 0 Å². The molecule has 1 N–H and O–H groups in total. The van der Waals surface area contributed by atoms with Gasteiger partial charge in [0.25, 0.3) is 0 Å². The maximum Gasteiger partial charge on any atom is 0.0638 e. The van der Waals surface area contributed by atoms with E-state index in [0.29, 0.717) is 18.1 Å². The third-order valence-corrected chi connectivity index (χ3v) is 4.55. The highest BCUT2D eigenvalue weighted by molar-refractivity contribution is 5.15. The van der Waals surface area contributed by atoms with Gasteiger partial charge in [0.1, 0.15) is 0 Å². The zero-order valence-electron chi connectivity index (χ0n) is 12.5. The van der Waals surface area contributed by atoms with Gasteiger partial charge in [-0.3, -0.25) is 4.90 Å². The van der Waals surface area contributed by atoms with Gasteiger partial charge in [0.15, 0.2) is 0 Å². The Bertz CT molecular complexity index is 423. The minimum absolute atomic E-state index is 0.465. The highest BCUT2D eigenvalue weighted by atomic mass is 16.5. The number of piperazine rings is 1. The van der Waals surface area contributed by atoms with Gasteiger partial charge in [0, 0.05) is 31.7 Å². The summed E-state index contributed by atoms with van der Waals surface area (Å²) in [4.78, 5) is 4.86. The smallest absolute Gasteiger partial charge is 0.0638 e. The number of ether oxygens (including phenoxy) is 1. The monoisotopic (exact) mass is 275 g/mol. The molecule has 3 atom stereocenters. The standard InChI is InChI=1S/C16H25N3O/c1-18(2)14-11-20-12-15-16(14)17-8-9-19(15)10-13-6-4-3-5-7-13/h3-7,14-17H,8-12H2,1-2H3/t14-,15?,16?/m0/s1. The van der Waals surface area contributed by atoms with Crippen LogP contribution in [0, 0.1) is 0 Å². The molecule has 0 aliphatic carbocycles. The molecule has 2 heterocycles. The molecular weight excluding hydrogens is 250 g/mol. The fourth-order valence-corrected chi connectivity index (χ4v) is 3.40. The van der Waals surface area contributed by atoms with E-state index in [0.717, 1.165) is 32.8 Å². The van der Waals surface area contributed by atoms with Gasteiger partial charge < -0.3 is 15.0 Å². The van der Waals surface area contributed by atoms with Crippen LogP contribution in [0.5, 0.6) is 0 Å². The molecule has 4 heteroatoms. The van der Waals surface area contributed by atoms with Gasteiger partial charge in [-0.15, -0.1) is 0 Å². The Hall–Kier alpha value is -0.940. The Labute approximate surface area is 121 Å². The molecule has 2 fully saturated rings. The van der Waals surface area contributed by atoms with Crippen LogP contribution in [-0.4, -0.2) is 68.3 Å². The van der Waals surface area contributed by atoms with Gasteiger partial charge in [-0.2, -0.15) is 0 Å². The molecule has 0 radical (unpaired) electrons. The minimum Gasteiger partial charge on any atom is -0.378 e. The number of likely N-dealkylation sites (N-methyl/N-ethyl adjacent to an activating group) is 1. The molecule has 4 nitrogen and oxygen atoms in total. The van der Waals surface area contributed by atoms with E-state index in [2.05, 4.69) is 59.5 Å². The first-order valence-corrected chi connectivity index (χ1v) is 7.51. The summed E-state index contributed by atoms with van der Waals surface area (Å²) in [6, 6.07) is 12.2. The van der Waals surface area contributed by atoms with Gasteiger partial charge in [-0.25, -0.2) is 0 Å². The second-order valence-corrected chi connectivity index (χ2v) is 6.07. The van der Waals surface area contributed by atoms with Crippen molar-refractivity contribution in [1.82, 2.24) is 15.1 Å². The zero-order chi connectivity index (χ0) is 13.9. The average Bonchev–Trinajstić information content (AvgIpc) is 2.48. The average molecular weight is 275 g/mol. The summed E-state index contributed by atoms with van der Waals surface area (Å²) in [5, 5.41) is 3.70. The fourth-order valence-electron chi connectivity index (χ4n) is 3.40. The predicted octanol–water partition coefficient (Wildman–Crippen LogP) is 0.789. The van der Waals surface area contributed by atoms with Crippen LogP contribution < -0.4 is 5.32 Å². The van der Waals surface area contributed by atoms with Crippen molar-refractivity contribution in [2.75, 3.05) is 40.4 Å². The van der Waals surface area contributed by atoms with Gasteiger partial charge in [0.2, 0.25) is 0 Å². The van der Waals surface area contributed by atoms with Crippen molar-refractivity contribution in [3.63, 3.8) is 0 Å². The number of hydrogen-bond donors (Lipinski definition) is 1. The van der Waals surface area contributed by atoms with Gasteiger partial charge in [-0.05, 0) is 19.7 Å². The molecule has 0 aromatic heterocycles. The van der Waals surface area contributed by atoms with E-state index < -0.39 is 0 Å². The van der Waals surface area contributed by atoms with Gasteiger partial charge in [-0.1, -0.05) is 30.3 Å². The SMILES string of the molecule is CN(C)[C@H]1COCC2C1NCCN2Cc1ccccc1. The first-order chi connectivity index (χ1) is 9.75. The second-order valence-electron chi connectivity index (χ2n) is 6.07. The molecule has 0 amide bonds. The summed E-state index contributed by atoms with van der Waals surface area (Å²) in [5.74, 6) is 0. The number of rotatable bonds is 3. The Morgan fingerprint density at radius 2 is 2.05 bits per heavy atom. The topological polar surface area (TPSA) is 27.7 Å². The third-order valence-electron chi connectivity index (χ3n) is 4.55. The van der Waals surface area contributed by atoms with Crippen molar-refractivity contribution >= 4 is 0 Å². The highest BCUT2D eigenvalue weighted by Crippen LogP contribution is 2.22. The van der Waals surface area contributed by atoms with Crippen LogP contribution >= 0.6 is 0 Å². The van der Waals surface area contributed by atoms with Crippen molar-refractivity contribution < 1.29 is 4.74 Å². The van der Waals surface area contributed by atoms with Crippen molar-refractivity contribution in [2.24, 2.45) is 0 Å². The molecule has 2 unspecified atom stereocenters. The Balaban J connectivity index is 1.72. The second kappa shape index (κ2) is 6.22. The van der Waals surface area contributed by atoms with E-state index in [9.17, 15) is 0 Å². The van der Waals surface area contributed by atoms with Crippen molar-refractivity contribution in [3.8, 4) is 0 Å². The highest BCUT2D eigenvalue weighted by Gasteiger charge is 2.40. The summed E-state index contributed by atoms with van der Waals surface area (Å²) in [6.45, 7) is 4.86. The lowest BCUT2D eigenvalue weighted by Crippen LogP contribution is -2.68. The largest absolute Gasteiger partial charge is 0.378 e.